The number of rotatable bonds is 2. The molecule has 0 radical (unpaired) electrons. The Kier molecular flexibility index (Phi) is 2.79. The molecule has 17 heavy (non-hydrogen) atoms. The second kappa shape index (κ2) is 4.12. The van der Waals surface area contributed by atoms with Gasteiger partial charge in [0.15, 0.2) is 0 Å². The van der Waals surface area contributed by atoms with Crippen LogP contribution in [0.5, 0.6) is 5.75 Å². The lowest BCUT2D eigenvalue weighted by Crippen LogP contribution is -2.15. The van der Waals surface area contributed by atoms with Gasteiger partial charge in [-0.15, -0.1) is 0 Å². The van der Waals surface area contributed by atoms with Crippen LogP contribution in [-0.4, -0.2) is 14.7 Å². The lowest BCUT2D eigenvalue weighted by molar-refractivity contribution is -0.147. The summed E-state index contributed by atoms with van der Waals surface area (Å²) >= 11 is 0. The summed E-state index contributed by atoms with van der Waals surface area (Å²) in [6.45, 7) is 0.0646. The lowest BCUT2D eigenvalue weighted by atomic mass is 10.2. The number of phenols is 1. The van der Waals surface area contributed by atoms with Crippen molar-refractivity contribution in [2.24, 2.45) is 0 Å². The minimum Gasteiger partial charge on any atom is -0.508 e. The van der Waals surface area contributed by atoms with Crippen molar-refractivity contribution in [2.45, 2.75) is 12.7 Å². The number of nitrogens with zero attached hydrogens (tertiary/aromatic N) is 2. The predicted octanol–water partition coefficient (Wildman–Crippen LogP) is 2.66. The molecule has 90 valence electrons. The zero-order valence-corrected chi connectivity index (χ0v) is 8.65. The molecule has 0 fully saturated rings. The Morgan fingerprint density at radius 1 is 1.18 bits per heavy atom. The van der Waals surface area contributed by atoms with Crippen LogP contribution in [0.25, 0.3) is 0 Å². The van der Waals surface area contributed by atoms with Gasteiger partial charge >= 0.3 is 6.18 Å². The van der Waals surface area contributed by atoms with Crippen LogP contribution in [0, 0.1) is 0 Å². The molecular formula is C11H9F3N2O. The van der Waals surface area contributed by atoms with E-state index in [1.165, 1.54) is 18.3 Å². The van der Waals surface area contributed by atoms with Gasteiger partial charge in [0.1, 0.15) is 5.75 Å². The highest BCUT2D eigenvalue weighted by molar-refractivity contribution is 5.26. The van der Waals surface area contributed by atoms with Crippen LogP contribution in [0.15, 0.2) is 36.7 Å². The van der Waals surface area contributed by atoms with E-state index in [1.807, 2.05) is 0 Å². The molecule has 0 unspecified atom stereocenters. The normalized spacial score (nSPS) is 11.7. The van der Waals surface area contributed by atoms with Gasteiger partial charge in [0, 0.05) is 18.9 Å². The van der Waals surface area contributed by atoms with Crippen LogP contribution in [0.3, 0.4) is 0 Å². The van der Waals surface area contributed by atoms with E-state index in [4.69, 9.17) is 5.11 Å². The number of imidazole rings is 1. The molecule has 0 atom stereocenters. The minimum atomic E-state index is -4.46. The monoisotopic (exact) mass is 242 g/mol. The Bertz CT molecular complexity index is 502. The highest BCUT2D eigenvalue weighted by Crippen LogP contribution is 2.28. The number of benzene rings is 1. The zero-order valence-electron chi connectivity index (χ0n) is 8.65. The van der Waals surface area contributed by atoms with Gasteiger partial charge in [0.2, 0.25) is 5.82 Å². The summed E-state index contributed by atoms with van der Waals surface area (Å²) in [7, 11) is 0. The molecule has 0 saturated carbocycles. The molecule has 1 aromatic carbocycles. The van der Waals surface area contributed by atoms with Crippen LogP contribution in [0.1, 0.15) is 11.4 Å². The molecule has 0 aliphatic carbocycles. The number of alkyl halides is 3. The first-order valence-electron chi connectivity index (χ1n) is 4.83. The first kappa shape index (κ1) is 11.5. The number of hydrogen-bond acceptors (Lipinski definition) is 2. The van der Waals surface area contributed by atoms with Crippen molar-refractivity contribution >= 4 is 0 Å². The van der Waals surface area contributed by atoms with Crippen molar-refractivity contribution in [2.75, 3.05) is 0 Å². The standard InChI is InChI=1S/C11H9F3N2O/c12-11(13,14)10-15-5-6-16(10)7-8-1-3-9(17)4-2-8/h1-6,17H,7H2. The Morgan fingerprint density at radius 2 is 1.82 bits per heavy atom. The van der Waals surface area contributed by atoms with Gasteiger partial charge in [0.05, 0.1) is 0 Å². The van der Waals surface area contributed by atoms with E-state index < -0.39 is 12.0 Å². The Morgan fingerprint density at radius 3 is 2.41 bits per heavy atom. The molecule has 0 aliphatic rings. The topological polar surface area (TPSA) is 38.0 Å². The number of phenolic OH excluding ortho intramolecular Hbond substituents is 1. The van der Waals surface area contributed by atoms with Crippen molar-refractivity contribution < 1.29 is 18.3 Å². The molecule has 0 bridgehead atoms. The minimum absolute atomic E-state index is 0.0646. The molecule has 0 saturated heterocycles. The molecule has 2 aromatic rings. The molecule has 2 rings (SSSR count). The first-order chi connectivity index (χ1) is 7.97. The van der Waals surface area contributed by atoms with Crippen molar-refractivity contribution in [3.8, 4) is 5.75 Å². The smallest absolute Gasteiger partial charge is 0.449 e. The van der Waals surface area contributed by atoms with E-state index in [2.05, 4.69) is 4.98 Å². The second-order valence-corrected chi connectivity index (χ2v) is 3.54. The van der Waals surface area contributed by atoms with Crippen molar-refractivity contribution in [3.63, 3.8) is 0 Å². The summed E-state index contributed by atoms with van der Waals surface area (Å²) in [4.78, 5) is 3.29. The predicted molar refractivity (Wildman–Crippen MR) is 54.4 cm³/mol. The highest BCUT2D eigenvalue weighted by Gasteiger charge is 2.35. The molecule has 0 spiro atoms. The van der Waals surface area contributed by atoms with Gasteiger partial charge in [-0.1, -0.05) is 12.1 Å². The molecule has 1 N–H and O–H groups in total. The van der Waals surface area contributed by atoms with E-state index in [-0.39, 0.29) is 12.3 Å². The third-order valence-corrected chi connectivity index (χ3v) is 2.26. The zero-order chi connectivity index (χ0) is 12.5. The van der Waals surface area contributed by atoms with Gasteiger partial charge < -0.3 is 9.67 Å². The van der Waals surface area contributed by atoms with Crippen LogP contribution < -0.4 is 0 Å². The molecule has 1 heterocycles. The highest BCUT2D eigenvalue weighted by atomic mass is 19.4. The van der Waals surface area contributed by atoms with Gasteiger partial charge in [-0.25, -0.2) is 4.98 Å². The Hall–Kier alpha value is -1.98. The molecule has 0 aliphatic heterocycles. The number of hydrogen-bond donors (Lipinski definition) is 1. The second-order valence-electron chi connectivity index (χ2n) is 3.54. The molecule has 0 amide bonds. The maximum absolute atomic E-state index is 12.5. The fraction of sp³-hybridized carbons (Fsp3) is 0.182. The fourth-order valence-electron chi connectivity index (χ4n) is 1.49. The van der Waals surface area contributed by atoms with Crippen LogP contribution in [0.2, 0.25) is 0 Å². The molecular weight excluding hydrogens is 233 g/mol. The van der Waals surface area contributed by atoms with Gasteiger partial charge in [-0.05, 0) is 17.7 Å². The maximum Gasteiger partial charge on any atom is 0.449 e. The van der Waals surface area contributed by atoms with Crippen molar-refractivity contribution in [1.29, 1.82) is 0 Å². The summed E-state index contributed by atoms with van der Waals surface area (Å²) in [5, 5.41) is 9.07. The molecule has 3 nitrogen and oxygen atoms in total. The summed E-state index contributed by atoms with van der Waals surface area (Å²) in [5.74, 6) is -0.846. The Labute approximate surface area is 95.1 Å². The van der Waals surface area contributed by atoms with Crippen molar-refractivity contribution in [3.05, 3.63) is 48.0 Å². The van der Waals surface area contributed by atoms with Crippen LogP contribution >= 0.6 is 0 Å². The van der Waals surface area contributed by atoms with Crippen LogP contribution in [-0.2, 0) is 12.7 Å². The first-order valence-corrected chi connectivity index (χ1v) is 4.83. The average molecular weight is 242 g/mol. The quantitative estimate of drug-likeness (QED) is 0.879. The largest absolute Gasteiger partial charge is 0.508 e. The maximum atomic E-state index is 12.5. The number of aromatic nitrogens is 2. The Balaban J connectivity index is 2.25. The van der Waals surface area contributed by atoms with Crippen molar-refractivity contribution in [1.82, 2.24) is 9.55 Å². The summed E-state index contributed by atoms with van der Waals surface area (Å²) in [5.41, 5.74) is 0.659. The van der Waals surface area contributed by atoms with Gasteiger partial charge in [-0.2, -0.15) is 13.2 Å². The SMILES string of the molecule is Oc1ccc(Cn2ccnc2C(F)(F)F)cc1. The third kappa shape index (κ3) is 2.58. The number of halogens is 3. The summed E-state index contributed by atoms with van der Waals surface area (Å²) < 4.78 is 38.6. The van der Waals surface area contributed by atoms with E-state index in [9.17, 15) is 13.2 Å². The van der Waals surface area contributed by atoms with E-state index in [1.54, 1.807) is 12.1 Å². The van der Waals surface area contributed by atoms with E-state index >= 15 is 0 Å². The number of aromatic hydroxyl groups is 1. The molecule has 6 heteroatoms. The fourth-order valence-corrected chi connectivity index (χ4v) is 1.49. The lowest BCUT2D eigenvalue weighted by Gasteiger charge is -2.10. The third-order valence-electron chi connectivity index (χ3n) is 2.26. The average Bonchev–Trinajstić information content (AvgIpc) is 2.69. The van der Waals surface area contributed by atoms with E-state index in [0.29, 0.717) is 5.56 Å². The van der Waals surface area contributed by atoms with Crippen LogP contribution in [0.4, 0.5) is 13.2 Å². The molecule has 1 aromatic heterocycles. The summed E-state index contributed by atoms with van der Waals surface area (Å²) in [6, 6.07) is 5.99. The summed E-state index contributed by atoms with van der Waals surface area (Å²) in [6.07, 6.45) is -2.07. The van der Waals surface area contributed by atoms with Gasteiger partial charge in [0.25, 0.3) is 0 Å². The van der Waals surface area contributed by atoms with Gasteiger partial charge in [-0.3, -0.25) is 0 Å². The van der Waals surface area contributed by atoms with E-state index in [0.717, 1.165) is 10.8 Å².